The van der Waals surface area contributed by atoms with Gasteiger partial charge in [0, 0.05) is 22.4 Å². The lowest BCUT2D eigenvalue weighted by molar-refractivity contribution is -0.143. The van der Waals surface area contributed by atoms with Gasteiger partial charge >= 0.3 is 5.97 Å². The third kappa shape index (κ3) is 2.16. The van der Waals surface area contributed by atoms with Crippen molar-refractivity contribution in [1.82, 2.24) is 5.32 Å². The maximum atomic E-state index is 13.7. The predicted molar refractivity (Wildman–Crippen MR) is 70.0 cm³/mol. The number of aliphatic carboxylic acids is 1. The van der Waals surface area contributed by atoms with Gasteiger partial charge in [-0.2, -0.15) is 0 Å². The fourth-order valence-electron chi connectivity index (χ4n) is 2.51. The molecule has 0 bridgehead atoms. The van der Waals surface area contributed by atoms with E-state index in [1.807, 2.05) is 0 Å². The molecule has 2 saturated carbocycles. The van der Waals surface area contributed by atoms with E-state index in [-0.39, 0.29) is 17.7 Å². The summed E-state index contributed by atoms with van der Waals surface area (Å²) in [5.74, 6) is -2.40. The van der Waals surface area contributed by atoms with Gasteiger partial charge in [0.2, 0.25) is 5.91 Å². The van der Waals surface area contributed by atoms with Crippen molar-refractivity contribution in [3.63, 3.8) is 0 Å². The maximum Gasteiger partial charge on any atom is 0.329 e. The van der Waals surface area contributed by atoms with Crippen LogP contribution in [0.25, 0.3) is 0 Å². The van der Waals surface area contributed by atoms with Crippen molar-refractivity contribution >= 4 is 23.5 Å². The fourth-order valence-corrected chi connectivity index (χ4v) is 2.82. The van der Waals surface area contributed by atoms with Crippen LogP contribution in [0.15, 0.2) is 18.2 Å². The van der Waals surface area contributed by atoms with Crippen LogP contribution < -0.4 is 5.32 Å². The topological polar surface area (TPSA) is 66.4 Å². The number of carboxylic acids is 1. The number of hydrogen-bond donors (Lipinski definition) is 2. The molecule has 0 aliphatic heterocycles. The minimum absolute atomic E-state index is 0.256. The van der Waals surface area contributed by atoms with Crippen molar-refractivity contribution in [1.29, 1.82) is 0 Å². The van der Waals surface area contributed by atoms with Gasteiger partial charge in [-0.3, -0.25) is 4.79 Å². The first-order chi connectivity index (χ1) is 9.44. The summed E-state index contributed by atoms with van der Waals surface area (Å²) >= 11 is 5.96. The zero-order chi connectivity index (χ0) is 14.5. The van der Waals surface area contributed by atoms with Crippen LogP contribution in [-0.4, -0.2) is 22.5 Å². The van der Waals surface area contributed by atoms with Gasteiger partial charge in [-0.1, -0.05) is 17.7 Å². The van der Waals surface area contributed by atoms with Gasteiger partial charge < -0.3 is 10.4 Å². The fraction of sp³-hybridized carbons (Fsp3) is 0.429. The van der Waals surface area contributed by atoms with Crippen molar-refractivity contribution in [2.45, 2.75) is 30.7 Å². The molecular weight excluding hydrogens is 285 g/mol. The number of carbonyl (C=O) groups excluding carboxylic acids is 1. The van der Waals surface area contributed by atoms with Crippen LogP contribution in [0.3, 0.4) is 0 Å². The zero-order valence-electron chi connectivity index (χ0n) is 10.5. The number of carbonyl (C=O) groups is 2. The summed E-state index contributed by atoms with van der Waals surface area (Å²) in [6.07, 6.45) is 1.40. The molecule has 0 unspecified atom stereocenters. The molecule has 2 aliphatic carbocycles. The van der Waals surface area contributed by atoms with Gasteiger partial charge in [-0.15, -0.1) is 0 Å². The second-order valence-electron chi connectivity index (χ2n) is 5.46. The predicted octanol–water partition coefficient (Wildman–Crippen LogP) is 2.32. The first-order valence-electron chi connectivity index (χ1n) is 6.44. The van der Waals surface area contributed by atoms with Gasteiger partial charge in [0.25, 0.3) is 0 Å². The molecule has 2 atom stereocenters. The first-order valence-corrected chi connectivity index (χ1v) is 6.82. The Bertz CT molecular complexity index is 580. The highest BCUT2D eigenvalue weighted by atomic mass is 35.5. The van der Waals surface area contributed by atoms with Crippen LogP contribution in [-0.2, 0) is 9.59 Å². The number of carboxylic acid groups (broad SMARTS) is 1. The number of rotatable bonds is 4. The van der Waals surface area contributed by atoms with Gasteiger partial charge in [0.15, 0.2) is 0 Å². The molecule has 106 valence electrons. The summed E-state index contributed by atoms with van der Waals surface area (Å²) in [6.45, 7) is 0. The number of hydrogen-bond acceptors (Lipinski definition) is 2. The molecule has 0 aromatic heterocycles. The summed E-state index contributed by atoms with van der Waals surface area (Å²) in [5, 5.41) is 11.9. The van der Waals surface area contributed by atoms with E-state index in [0.29, 0.717) is 29.8 Å². The van der Waals surface area contributed by atoms with Gasteiger partial charge in [-0.25, -0.2) is 9.18 Å². The molecule has 0 radical (unpaired) electrons. The molecule has 0 saturated heterocycles. The minimum atomic E-state index is -1.09. The molecule has 0 spiro atoms. The minimum Gasteiger partial charge on any atom is -0.480 e. The van der Waals surface area contributed by atoms with E-state index in [1.165, 1.54) is 12.1 Å². The van der Waals surface area contributed by atoms with Crippen LogP contribution in [0.2, 0.25) is 5.02 Å². The highest BCUT2D eigenvalue weighted by Gasteiger charge is 2.55. The SMILES string of the molecule is O=C(NC1(C(=O)O)CC1)[C@@H]1C[C@@H]1c1c(F)cccc1Cl. The Hall–Kier alpha value is -1.62. The monoisotopic (exact) mass is 297 g/mol. The van der Waals surface area contributed by atoms with Crippen LogP contribution in [0, 0.1) is 11.7 Å². The van der Waals surface area contributed by atoms with Crippen molar-refractivity contribution in [3.05, 3.63) is 34.6 Å². The molecular formula is C14H13ClFNO3. The second-order valence-corrected chi connectivity index (χ2v) is 5.87. The molecule has 0 heterocycles. The molecule has 20 heavy (non-hydrogen) atoms. The Kier molecular flexibility index (Phi) is 2.97. The number of amides is 1. The maximum absolute atomic E-state index is 13.7. The van der Waals surface area contributed by atoms with Crippen molar-refractivity contribution in [3.8, 4) is 0 Å². The van der Waals surface area contributed by atoms with Gasteiger partial charge in [0.1, 0.15) is 11.4 Å². The van der Waals surface area contributed by atoms with Crippen LogP contribution in [0.5, 0.6) is 0 Å². The molecule has 2 fully saturated rings. The van der Waals surface area contributed by atoms with Gasteiger partial charge in [0.05, 0.1) is 0 Å². The van der Waals surface area contributed by atoms with Crippen molar-refractivity contribution in [2.75, 3.05) is 0 Å². The smallest absolute Gasteiger partial charge is 0.329 e. The van der Waals surface area contributed by atoms with Gasteiger partial charge in [-0.05, 0) is 31.4 Å². The Morgan fingerprint density at radius 2 is 2.10 bits per heavy atom. The average Bonchev–Trinajstić information content (AvgIpc) is 3.22. The van der Waals surface area contributed by atoms with E-state index >= 15 is 0 Å². The molecule has 2 aliphatic rings. The number of halogens is 2. The largest absolute Gasteiger partial charge is 0.480 e. The number of nitrogens with one attached hydrogen (secondary N) is 1. The normalized spacial score (nSPS) is 25.9. The van der Waals surface area contributed by atoms with Crippen LogP contribution >= 0.6 is 11.6 Å². The lowest BCUT2D eigenvalue weighted by Gasteiger charge is -2.12. The van der Waals surface area contributed by atoms with Crippen LogP contribution in [0.1, 0.15) is 30.7 Å². The Morgan fingerprint density at radius 3 is 2.65 bits per heavy atom. The van der Waals surface area contributed by atoms with E-state index in [0.717, 1.165) is 0 Å². The molecule has 3 rings (SSSR count). The summed E-state index contributed by atoms with van der Waals surface area (Å²) in [6, 6.07) is 4.42. The second kappa shape index (κ2) is 4.45. The summed E-state index contributed by atoms with van der Waals surface area (Å²) in [7, 11) is 0. The third-order valence-corrected chi connectivity index (χ3v) is 4.35. The van der Waals surface area contributed by atoms with E-state index in [2.05, 4.69) is 5.32 Å². The molecule has 1 aromatic carbocycles. The molecule has 1 aromatic rings. The quantitative estimate of drug-likeness (QED) is 0.896. The number of benzene rings is 1. The first kappa shape index (κ1) is 13.4. The van der Waals surface area contributed by atoms with E-state index in [1.54, 1.807) is 6.07 Å². The standard InChI is InChI=1S/C14H13ClFNO3/c15-9-2-1-3-10(16)11(9)7-6-8(7)12(18)17-14(4-5-14)13(19)20/h1-3,7-8H,4-6H2,(H,17,18)(H,19,20)/t7-,8+/m0/s1. The lowest BCUT2D eigenvalue weighted by atomic mass is 10.1. The molecule has 4 nitrogen and oxygen atoms in total. The highest BCUT2D eigenvalue weighted by molar-refractivity contribution is 6.31. The van der Waals surface area contributed by atoms with E-state index in [4.69, 9.17) is 16.7 Å². The summed E-state index contributed by atoms with van der Waals surface area (Å²) in [5.41, 5.74) is -0.738. The zero-order valence-corrected chi connectivity index (χ0v) is 11.3. The van der Waals surface area contributed by atoms with E-state index < -0.39 is 17.3 Å². The Labute approximate surface area is 119 Å². The highest BCUT2D eigenvalue weighted by Crippen LogP contribution is 2.51. The van der Waals surface area contributed by atoms with E-state index in [9.17, 15) is 14.0 Å². The Morgan fingerprint density at radius 1 is 1.40 bits per heavy atom. The summed E-state index contributed by atoms with van der Waals surface area (Å²) < 4.78 is 13.7. The van der Waals surface area contributed by atoms with Crippen molar-refractivity contribution < 1.29 is 19.1 Å². The van der Waals surface area contributed by atoms with Crippen molar-refractivity contribution in [2.24, 2.45) is 5.92 Å². The molecule has 6 heteroatoms. The molecule has 2 N–H and O–H groups in total. The lowest BCUT2D eigenvalue weighted by Crippen LogP contribution is -2.43. The third-order valence-electron chi connectivity index (χ3n) is 4.02. The average molecular weight is 298 g/mol. The summed E-state index contributed by atoms with van der Waals surface area (Å²) in [4.78, 5) is 23.1. The Balaban J connectivity index is 1.70. The van der Waals surface area contributed by atoms with Crippen LogP contribution in [0.4, 0.5) is 4.39 Å². The molecule has 1 amide bonds.